The number of cyclic esters (lactones) is 1. The van der Waals surface area contributed by atoms with Gasteiger partial charge in [-0.25, -0.2) is 4.79 Å². The fourth-order valence-electron chi connectivity index (χ4n) is 2.13. The van der Waals surface area contributed by atoms with Crippen LogP contribution in [0.1, 0.15) is 15.9 Å². The van der Waals surface area contributed by atoms with Crippen LogP contribution in [0.25, 0.3) is 10.8 Å². The van der Waals surface area contributed by atoms with E-state index < -0.39 is 0 Å². The number of ether oxygens (including phenoxy) is 2. The van der Waals surface area contributed by atoms with Crippen LogP contribution in [0.5, 0.6) is 5.75 Å². The number of benzene rings is 2. The number of rotatable bonds is 1. The van der Waals surface area contributed by atoms with Gasteiger partial charge in [0.05, 0.1) is 12.7 Å². The van der Waals surface area contributed by atoms with Crippen molar-refractivity contribution in [1.29, 1.82) is 0 Å². The highest BCUT2D eigenvalue weighted by atomic mass is 16.5. The second-order valence-electron chi connectivity index (χ2n) is 3.73. The van der Waals surface area contributed by atoms with E-state index in [1.54, 1.807) is 7.11 Å². The van der Waals surface area contributed by atoms with Gasteiger partial charge in [0.2, 0.25) is 0 Å². The summed E-state index contributed by atoms with van der Waals surface area (Å²) >= 11 is 0. The Morgan fingerprint density at radius 2 is 2.12 bits per heavy atom. The predicted octanol–water partition coefficient (Wildman–Crippen LogP) is 2.52. The van der Waals surface area contributed by atoms with Crippen LogP contribution in [0.2, 0.25) is 0 Å². The molecule has 0 aromatic heterocycles. The highest BCUT2D eigenvalue weighted by Crippen LogP contribution is 2.36. The summed E-state index contributed by atoms with van der Waals surface area (Å²) in [6, 6.07) is 9.70. The van der Waals surface area contributed by atoms with Crippen molar-refractivity contribution in [1.82, 2.24) is 0 Å². The molecule has 0 amide bonds. The normalized spacial score (nSPS) is 13.7. The number of esters is 1. The van der Waals surface area contributed by atoms with Gasteiger partial charge in [0.1, 0.15) is 12.4 Å². The highest BCUT2D eigenvalue weighted by Gasteiger charge is 2.26. The van der Waals surface area contributed by atoms with Crippen LogP contribution < -0.4 is 4.74 Å². The second-order valence-corrected chi connectivity index (χ2v) is 3.73. The van der Waals surface area contributed by atoms with Crippen LogP contribution in [0.4, 0.5) is 0 Å². The largest absolute Gasteiger partial charge is 0.496 e. The zero-order valence-corrected chi connectivity index (χ0v) is 8.82. The lowest BCUT2D eigenvalue weighted by Gasteiger charge is -2.08. The number of hydrogen-bond acceptors (Lipinski definition) is 3. The molecule has 1 heterocycles. The zero-order valence-electron chi connectivity index (χ0n) is 8.82. The van der Waals surface area contributed by atoms with Crippen LogP contribution >= 0.6 is 0 Å². The molecule has 0 saturated carbocycles. The van der Waals surface area contributed by atoms with Gasteiger partial charge < -0.3 is 9.47 Å². The number of fused-ring (bicyclic) bond motifs is 2. The minimum atomic E-state index is -0.265. The van der Waals surface area contributed by atoms with Gasteiger partial charge in [-0.1, -0.05) is 24.3 Å². The van der Waals surface area contributed by atoms with Crippen LogP contribution in [0, 0.1) is 0 Å². The average molecular weight is 214 g/mol. The van der Waals surface area contributed by atoms with Gasteiger partial charge in [-0.3, -0.25) is 0 Å². The number of carbonyl (C=O) groups is 1. The van der Waals surface area contributed by atoms with Crippen LogP contribution in [0.15, 0.2) is 30.3 Å². The smallest absolute Gasteiger partial charge is 0.339 e. The average Bonchev–Trinajstić information content (AvgIpc) is 2.68. The molecule has 0 unspecified atom stereocenters. The van der Waals surface area contributed by atoms with E-state index in [2.05, 4.69) is 0 Å². The highest BCUT2D eigenvalue weighted by molar-refractivity contribution is 6.02. The van der Waals surface area contributed by atoms with Crippen molar-refractivity contribution in [3.05, 3.63) is 41.5 Å². The Hall–Kier alpha value is -2.03. The van der Waals surface area contributed by atoms with E-state index in [-0.39, 0.29) is 5.97 Å². The molecule has 80 valence electrons. The van der Waals surface area contributed by atoms with E-state index in [9.17, 15) is 4.79 Å². The van der Waals surface area contributed by atoms with Crippen molar-refractivity contribution in [3.8, 4) is 5.75 Å². The third-order valence-electron chi connectivity index (χ3n) is 2.88. The number of methoxy groups -OCH3 is 1. The lowest BCUT2D eigenvalue weighted by molar-refractivity contribution is 0.0534. The molecule has 3 nitrogen and oxygen atoms in total. The van der Waals surface area contributed by atoms with Crippen molar-refractivity contribution < 1.29 is 14.3 Å². The maximum Gasteiger partial charge on any atom is 0.339 e. The van der Waals surface area contributed by atoms with E-state index in [1.807, 2.05) is 30.3 Å². The molecule has 1 aliphatic heterocycles. The quantitative estimate of drug-likeness (QED) is 0.684. The first-order valence-electron chi connectivity index (χ1n) is 5.07. The molecule has 2 aromatic carbocycles. The fourth-order valence-corrected chi connectivity index (χ4v) is 2.13. The Bertz CT molecular complexity index is 587. The molecule has 16 heavy (non-hydrogen) atoms. The first kappa shape index (κ1) is 9.21. The summed E-state index contributed by atoms with van der Waals surface area (Å²) in [6.45, 7) is 0.308. The molecule has 3 heteroatoms. The minimum absolute atomic E-state index is 0.265. The molecule has 0 N–H and O–H groups in total. The van der Waals surface area contributed by atoms with E-state index in [1.165, 1.54) is 0 Å². The van der Waals surface area contributed by atoms with Crippen LogP contribution in [0.3, 0.4) is 0 Å². The molecular formula is C13H10O3. The van der Waals surface area contributed by atoms with Crippen LogP contribution in [-0.4, -0.2) is 13.1 Å². The van der Waals surface area contributed by atoms with Crippen molar-refractivity contribution in [3.63, 3.8) is 0 Å². The second kappa shape index (κ2) is 3.23. The van der Waals surface area contributed by atoms with Crippen molar-refractivity contribution in [2.24, 2.45) is 0 Å². The lowest BCUT2D eigenvalue weighted by Crippen LogP contribution is -1.95. The molecule has 0 saturated heterocycles. The van der Waals surface area contributed by atoms with Gasteiger partial charge in [0.25, 0.3) is 0 Å². The molecule has 0 fully saturated rings. The molecule has 0 bridgehead atoms. The van der Waals surface area contributed by atoms with Crippen LogP contribution in [-0.2, 0) is 11.3 Å². The standard InChI is InChI=1S/C13H10O3/c1-15-12-9-5-3-2-4-8(9)6-10-11(12)7-16-13(10)14/h2-6H,7H2,1H3. The van der Waals surface area contributed by atoms with Crippen molar-refractivity contribution >= 4 is 16.7 Å². The Morgan fingerprint density at radius 3 is 2.94 bits per heavy atom. The maximum atomic E-state index is 11.5. The molecule has 0 radical (unpaired) electrons. The van der Waals surface area contributed by atoms with Gasteiger partial charge in [0.15, 0.2) is 0 Å². The molecule has 3 rings (SSSR count). The monoisotopic (exact) mass is 214 g/mol. The summed E-state index contributed by atoms with van der Waals surface area (Å²) in [5.74, 6) is 0.484. The lowest BCUT2D eigenvalue weighted by atomic mass is 10.0. The first-order chi connectivity index (χ1) is 7.81. The van der Waals surface area contributed by atoms with E-state index in [0.29, 0.717) is 12.2 Å². The van der Waals surface area contributed by atoms with Crippen molar-refractivity contribution in [2.75, 3.05) is 7.11 Å². The Balaban J connectivity index is 2.43. The first-order valence-corrected chi connectivity index (χ1v) is 5.07. The van der Waals surface area contributed by atoms with E-state index in [0.717, 1.165) is 22.1 Å². The molecule has 1 aliphatic rings. The predicted molar refractivity (Wildman–Crippen MR) is 59.6 cm³/mol. The zero-order chi connectivity index (χ0) is 11.1. The SMILES string of the molecule is COc1c2c(cc3ccccc13)C(=O)OC2. The van der Waals surface area contributed by atoms with Gasteiger partial charge >= 0.3 is 5.97 Å². The molecule has 0 aliphatic carbocycles. The third kappa shape index (κ3) is 1.11. The Kier molecular flexibility index (Phi) is 1.86. The minimum Gasteiger partial charge on any atom is -0.496 e. The summed E-state index contributed by atoms with van der Waals surface area (Å²) in [5, 5.41) is 2.01. The number of carbonyl (C=O) groups excluding carboxylic acids is 1. The van der Waals surface area contributed by atoms with Crippen molar-refractivity contribution in [2.45, 2.75) is 6.61 Å². The Labute approximate surface area is 92.6 Å². The summed E-state index contributed by atoms with van der Waals surface area (Å²) in [6.07, 6.45) is 0. The number of hydrogen-bond donors (Lipinski definition) is 0. The van der Waals surface area contributed by atoms with E-state index in [4.69, 9.17) is 9.47 Å². The Morgan fingerprint density at radius 1 is 1.31 bits per heavy atom. The summed E-state index contributed by atoms with van der Waals surface area (Å²) < 4.78 is 10.4. The summed E-state index contributed by atoms with van der Waals surface area (Å²) in [5.41, 5.74) is 1.47. The third-order valence-corrected chi connectivity index (χ3v) is 2.88. The maximum absolute atomic E-state index is 11.5. The summed E-state index contributed by atoms with van der Waals surface area (Å²) in [7, 11) is 1.62. The summed E-state index contributed by atoms with van der Waals surface area (Å²) in [4.78, 5) is 11.5. The van der Waals surface area contributed by atoms with Gasteiger partial charge in [-0.05, 0) is 11.5 Å². The topological polar surface area (TPSA) is 35.5 Å². The molecule has 2 aromatic rings. The molecular weight excluding hydrogens is 204 g/mol. The molecule has 0 atom stereocenters. The van der Waals surface area contributed by atoms with Gasteiger partial charge in [0, 0.05) is 10.9 Å². The molecule has 0 spiro atoms. The fraction of sp³-hybridized carbons (Fsp3) is 0.154. The van der Waals surface area contributed by atoms with E-state index >= 15 is 0 Å². The van der Waals surface area contributed by atoms with Gasteiger partial charge in [-0.2, -0.15) is 0 Å². The van der Waals surface area contributed by atoms with Gasteiger partial charge in [-0.15, -0.1) is 0 Å².